The van der Waals surface area contributed by atoms with Crippen LogP contribution in [0.25, 0.3) is 5.78 Å². The Labute approximate surface area is 191 Å². The molecule has 0 spiro atoms. The SMILES string of the molecule is O=C1C[C@@H](c2cccc(Cl)c2)Cc2nc3nc(SCc4ccc([N+](=O)[O-])cc4)nn3cc21. The molecule has 1 aliphatic carbocycles. The maximum Gasteiger partial charge on any atom is 0.269 e. The van der Waals surface area contributed by atoms with Crippen LogP contribution in [-0.4, -0.2) is 30.3 Å². The molecule has 4 aromatic rings. The van der Waals surface area contributed by atoms with Gasteiger partial charge in [-0.1, -0.05) is 47.6 Å². The van der Waals surface area contributed by atoms with E-state index in [9.17, 15) is 14.9 Å². The number of benzene rings is 2. The Kier molecular flexibility index (Phi) is 5.36. The number of rotatable bonds is 5. The van der Waals surface area contributed by atoms with Crippen molar-refractivity contribution >= 4 is 40.6 Å². The summed E-state index contributed by atoms with van der Waals surface area (Å²) in [5, 5.41) is 16.4. The normalized spacial score (nSPS) is 15.7. The lowest BCUT2D eigenvalue weighted by molar-refractivity contribution is -0.384. The zero-order valence-corrected chi connectivity index (χ0v) is 18.2. The van der Waals surface area contributed by atoms with Crippen LogP contribution in [0.15, 0.2) is 59.9 Å². The highest BCUT2D eigenvalue weighted by atomic mass is 35.5. The summed E-state index contributed by atoms with van der Waals surface area (Å²) in [7, 11) is 0. The Morgan fingerprint density at radius 3 is 2.72 bits per heavy atom. The van der Waals surface area contributed by atoms with Crippen molar-refractivity contribution in [2.24, 2.45) is 0 Å². The molecule has 0 bridgehead atoms. The summed E-state index contributed by atoms with van der Waals surface area (Å²) >= 11 is 7.53. The lowest BCUT2D eigenvalue weighted by Gasteiger charge is -2.23. The molecule has 0 N–H and O–H groups in total. The number of halogens is 1. The Morgan fingerprint density at radius 2 is 1.97 bits per heavy atom. The van der Waals surface area contributed by atoms with Gasteiger partial charge in [0.1, 0.15) is 0 Å². The molecule has 8 nitrogen and oxygen atoms in total. The minimum atomic E-state index is -0.424. The van der Waals surface area contributed by atoms with Crippen molar-refractivity contribution in [1.82, 2.24) is 19.6 Å². The smallest absolute Gasteiger partial charge is 0.269 e. The van der Waals surface area contributed by atoms with E-state index in [0.29, 0.717) is 40.1 Å². The van der Waals surface area contributed by atoms with Crippen molar-refractivity contribution in [3.8, 4) is 0 Å². The largest absolute Gasteiger partial charge is 0.294 e. The van der Waals surface area contributed by atoms with Crippen LogP contribution in [0.3, 0.4) is 0 Å². The van der Waals surface area contributed by atoms with Crippen LogP contribution in [0.5, 0.6) is 0 Å². The van der Waals surface area contributed by atoms with E-state index in [4.69, 9.17) is 11.6 Å². The molecule has 160 valence electrons. The number of hydrogen-bond acceptors (Lipinski definition) is 7. The van der Waals surface area contributed by atoms with Crippen LogP contribution in [0, 0.1) is 10.1 Å². The van der Waals surface area contributed by atoms with Gasteiger partial charge in [-0.2, -0.15) is 4.98 Å². The predicted octanol–water partition coefficient (Wildman–Crippen LogP) is 4.89. The number of carbonyl (C=O) groups excluding carboxylic acids is 1. The number of aromatic nitrogens is 4. The minimum absolute atomic E-state index is 0.0289. The quantitative estimate of drug-likeness (QED) is 0.235. The molecular formula is C22H16ClN5O3S. The molecule has 0 radical (unpaired) electrons. The average molecular weight is 466 g/mol. The van der Waals surface area contributed by atoms with E-state index in [1.165, 1.54) is 28.4 Å². The van der Waals surface area contributed by atoms with Crippen LogP contribution in [0.4, 0.5) is 5.69 Å². The van der Waals surface area contributed by atoms with Gasteiger partial charge in [-0.25, -0.2) is 9.50 Å². The highest BCUT2D eigenvalue weighted by molar-refractivity contribution is 7.98. The van der Waals surface area contributed by atoms with Gasteiger partial charge < -0.3 is 0 Å². The van der Waals surface area contributed by atoms with Gasteiger partial charge >= 0.3 is 0 Å². The molecule has 0 fully saturated rings. The van der Waals surface area contributed by atoms with Gasteiger partial charge in [0.15, 0.2) is 5.78 Å². The number of nitro benzene ring substituents is 1. The second-order valence-electron chi connectivity index (χ2n) is 7.54. The second-order valence-corrected chi connectivity index (χ2v) is 8.91. The highest BCUT2D eigenvalue weighted by Crippen LogP contribution is 2.33. The van der Waals surface area contributed by atoms with E-state index in [1.807, 2.05) is 24.3 Å². The van der Waals surface area contributed by atoms with E-state index in [0.717, 1.165) is 16.8 Å². The summed E-state index contributed by atoms with van der Waals surface area (Å²) < 4.78 is 1.54. The molecule has 0 saturated carbocycles. The molecule has 0 saturated heterocycles. The third-order valence-electron chi connectivity index (χ3n) is 5.40. The van der Waals surface area contributed by atoms with Gasteiger partial charge in [0.25, 0.3) is 11.5 Å². The Balaban J connectivity index is 1.36. The van der Waals surface area contributed by atoms with Crippen molar-refractivity contribution < 1.29 is 9.72 Å². The fourth-order valence-corrected chi connectivity index (χ4v) is 4.76. The Hall–Kier alpha value is -3.30. The molecule has 5 rings (SSSR count). The van der Waals surface area contributed by atoms with Crippen molar-refractivity contribution in [3.63, 3.8) is 0 Å². The minimum Gasteiger partial charge on any atom is -0.294 e. The molecule has 1 aliphatic rings. The topological polar surface area (TPSA) is 103 Å². The van der Waals surface area contributed by atoms with E-state index >= 15 is 0 Å². The first-order chi connectivity index (χ1) is 15.5. The lowest BCUT2D eigenvalue weighted by Crippen LogP contribution is -2.21. The summed E-state index contributed by atoms with van der Waals surface area (Å²) in [4.78, 5) is 32.3. The molecular weight excluding hydrogens is 450 g/mol. The van der Waals surface area contributed by atoms with Crippen LogP contribution in [-0.2, 0) is 12.2 Å². The van der Waals surface area contributed by atoms with Gasteiger partial charge in [-0.15, -0.1) is 5.10 Å². The van der Waals surface area contributed by atoms with Gasteiger partial charge in [-0.3, -0.25) is 14.9 Å². The number of Topliss-reactive ketones (excluding diaryl/α,β-unsaturated/α-hetero) is 1. The average Bonchev–Trinajstić information content (AvgIpc) is 3.18. The molecule has 32 heavy (non-hydrogen) atoms. The summed E-state index contributed by atoms with van der Waals surface area (Å²) in [6.07, 6.45) is 2.74. The summed E-state index contributed by atoms with van der Waals surface area (Å²) in [5.74, 6) is 1.06. The Morgan fingerprint density at radius 1 is 1.16 bits per heavy atom. The number of nitro groups is 1. The number of non-ortho nitro benzene ring substituents is 1. The zero-order chi connectivity index (χ0) is 22.2. The van der Waals surface area contributed by atoms with Crippen molar-refractivity contribution in [2.45, 2.75) is 29.7 Å². The molecule has 0 aliphatic heterocycles. The number of thioether (sulfide) groups is 1. The van der Waals surface area contributed by atoms with E-state index < -0.39 is 4.92 Å². The van der Waals surface area contributed by atoms with Crippen LogP contribution in [0.1, 0.15) is 39.5 Å². The first kappa shape index (κ1) is 20.6. The number of fused-ring (bicyclic) bond motifs is 2. The fourth-order valence-electron chi connectivity index (χ4n) is 3.78. The third-order valence-corrected chi connectivity index (χ3v) is 6.54. The lowest BCUT2D eigenvalue weighted by atomic mass is 9.82. The van der Waals surface area contributed by atoms with Crippen LogP contribution < -0.4 is 0 Å². The first-order valence-electron chi connectivity index (χ1n) is 9.87. The molecule has 0 amide bonds. The molecule has 0 unspecified atom stereocenters. The standard InChI is InChI=1S/C22H16ClN5O3S/c23-16-3-1-2-14(8-16)15-9-19-18(20(29)10-15)11-27-21(24-19)25-22(26-27)32-12-13-4-6-17(7-5-13)28(30)31/h1-8,11,15H,9-10,12H2/t15-/m0/s1. The monoisotopic (exact) mass is 465 g/mol. The maximum atomic E-state index is 12.8. The third kappa shape index (κ3) is 4.09. The van der Waals surface area contributed by atoms with Crippen LogP contribution in [0.2, 0.25) is 5.02 Å². The van der Waals surface area contributed by atoms with Crippen molar-refractivity contribution in [3.05, 3.63) is 92.2 Å². The van der Waals surface area contributed by atoms with Crippen LogP contribution >= 0.6 is 23.4 Å². The molecule has 2 aromatic carbocycles. The van der Waals surface area contributed by atoms with E-state index in [2.05, 4.69) is 15.1 Å². The van der Waals surface area contributed by atoms with Gasteiger partial charge in [0, 0.05) is 35.5 Å². The van der Waals surface area contributed by atoms with Gasteiger partial charge in [0.2, 0.25) is 5.16 Å². The number of ketones is 1. The first-order valence-corrected chi connectivity index (χ1v) is 11.2. The number of hydrogen-bond donors (Lipinski definition) is 0. The second kappa shape index (κ2) is 8.33. The predicted molar refractivity (Wildman–Crippen MR) is 120 cm³/mol. The fraction of sp³-hybridized carbons (Fsp3) is 0.182. The van der Waals surface area contributed by atoms with E-state index in [-0.39, 0.29) is 17.4 Å². The van der Waals surface area contributed by atoms with E-state index in [1.54, 1.807) is 18.3 Å². The van der Waals surface area contributed by atoms with Gasteiger partial charge in [0.05, 0.1) is 16.2 Å². The summed E-state index contributed by atoms with van der Waals surface area (Å²) in [5.41, 5.74) is 3.30. The molecule has 2 heterocycles. The van der Waals surface area contributed by atoms with Crippen molar-refractivity contribution in [1.29, 1.82) is 0 Å². The maximum absolute atomic E-state index is 12.8. The molecule has 10 heteroatoms. The number of nitrogens with zero attached hydrogens (tertiary/aromatic N) is 5. The summed E-state index contributed by atoms with van der Waals surface area (Å²) in [6, 6.07) is 14.0. The molecule has 2 aromatic heterocycles. The van der Waals surface area contributed by atoms with Gasteiger partial charge in [-0.05, 0) is 35.6 Å². The molecule has 1 atom stereocenters. The highest BCUT2D eigenvalue weighted by Gasteiger charge is 2.28. The number of carbonyl (C=O) groups is 1. The zero-order valence-electron chi connectivity index (χ0n) is 16.6. The van der Waals surface area contributed by atoms with Crippen molar-refractivity contribution in [2.75, 3.05) is 0 Å². The summed E-state index contributed by atoms with van der Waals surface area (Å²) in [6.45, 7) is 0. The Bertz CT molecular complexity index is 1360.